The van der Waals surface area contributed by atoms with Crippen LogP contribution in [0, 0.1) is 0 Å². The molecule has 0 saturated carbocycles. The van der Waals surface area contributed by atoms with E-state index in [9.17, 15) is 4.79 Å². The molecule has 1 saturated heterocycles. The summed E-state index contributed by atoms with van der Waals surface area (Å²) in [6.45, 7) is 2.37. The number of morpholine rings is 1. The quantitative estimate of drug-likeness (QED) is 0.434. The SMILES string of the molecule is COc1ncc(/C=N/Nc2ccc(-c3cccc(C(=O)N4CCOCC4)c3)cn2)c(OC)n1. The summed E-state index contributed by atoms with van der Waals surface area (Å²) in [6.07, 6.45) is 4.82. The molecule has 1 aromatic carbocycles. The maximum atomic E-state index is 12.8. The van der Waals surface area contributed by atoms with Gasteiger partial charge in [0.15, 0.2) is 0 Å². The van der Waals surface area contributed by atoms with Gasteiger partial charge >= 0.3 is 6.01 Å². The standard InChI is InChI=1S/C23H24N6O4/c1-31-21-19(14-25-23(27-21)32-2)15-26-28-20-7-6-18(13-24-20)16-4-3-5-17(12-16)22(30)29-8-10-33-11-9-29/h3-7,12-15H,8-11H2,1-2H3,(H,24,28)/b26-15+. The Hall–Kier alpha value is -4.05. The number of ether oxygens (including phenoxy) is 3. The summed E-state index contributed by atoms with van der Waals surface area (Å²) in [6, 6.07) is 11.5. The van der Waals surface area contributed by atoms with Crippen LogP contribution >= 0.6 is 0 Å². The molecule has 4 rings (SSSR count). The fourth-order valence-electron chi connectivity index (χ4n) is 3.29. The van der Waals surface area contributed by atoms with Gasteiger partial charge in [-0.15, -0.1) is 0 Å². The molecule has 0 bridgehead atoms. The van der Waals surface area contributed by atoms with E-state index in [1.165, 1.54) is 20.4 Å². The van der Waals surface area contributed by atoms with Crippen molar-refractivity contribution < 1.29 is 19.0 Å². The highest BCUT2D eigenvalue weighted by molar-refractivity contribution is 5.95. The first kappa shape index (κ1) is 22.2. The number of nitrogens with one attached hydrogen (secondary N) is 1. The van der Waals surface area contributed by atoms with E-state index in [-0.39, 0.29) is 11.9 Å². The van der Waals surface area contributed by atoms with Gasteiger partial charge in [0.25, 0.3) is 5.91 Å². The summed E-state index contributed by atoms with van der Waals surface area (Å²) in [5.41, 5.74) is 5.91. The molecule has 3 heterocycles. The van der Waals surface area contributed by atoms with E-state index >= 15 is 0 Å². The second kappa shape index (κ2) is 10.5. The Morgan fingerprint density at radius 3 is 2.67 bits per heavy atom. The Bertz CT molecular complexity index is 1130. The van der Waals surface area contributed by atoms with Gasteiger partial charge in [-0.05, 0) is 29.8 Å². The lowest BCUT2D eigenvalue weighted by atomic mass is 10.0. The molecule has 170 valence electrons. The Morgan fingerprint density at radius 2 is 1.94 bits per heavy atom. The summed E-state index contributed by atoms with van der Waals surface area (Å²) in [5.74, 6) is 0.921. The number of benzene rings is 1. The van der Waals surface area contributed by atoms with E-state index in [2.05, 4.69) is 25.5 Å². The van der Waals surface area contributed by atoms with Crippen LogP contribution in [-0.2, 0) is 4.74 Å². The smallest absolute Gasteiger partial charge is 0.319 e. The maximum Gasteiger partial charge on any atom is 0.319 e. The number of carbonyl (C=O) groups excluding carboxylic acids is 1. The largest absolute Gasteiger partial charge is 0.480 e. The molecule has 2 aromatic heterocycles. The highest BCUT2D eigenvalue weighted by atomic mass is 16.5. The fraction of sp³-hybridized carbons (Fsp3) is 0.261. The van der Waals surface area contributed by atoms with Gasteiger partial charge in [0.1, 0.15) is 5.82 Å². The lowest BCUT2D eigenvalue weighted by Crippen LogP contribution is -2.40. The number of rotatable bonds is 7. The van der Waals surface area contributed by atoms with Crippen molar-refractivity contribution in [2.75, 3.05) is 45.9 Å². The highest BCUT2D eigenvalue weighted by Crippen LogP contribution is 2.22. The fourth-order valence-corrected chi connectivity index (χ4v) is 3.29. The predicted molar refractivity (Wildman–Crippen MR) is 123 cm³/mol. The van der Waals surface area contributed by atoms with Gasteiger partial charge in [-0.25, -0.2) is 9.97 Å². The van der Waals surface area contributed by atoms with Crippen LogP contribution in [0.5, 0.6) is 11.9 Å². The van der Waals surface area contributed by atoms with Crippen molar-refractivity contribution in [2.45, 2.75) is 0 Å². The highest BCUT2D eigenvalue weighted by Gasteiger charge is 2.18. The lowest BCUT2D eigenvalue weighted by Gasteiger charge is -2.27. The molecule has 3 aromatic rings. The molecule has 0 spiro atoms. The second-order valence-electron chi connectivity index (χ2n) is 7.11. The van der Waals surface area contributed by atoms with E-state index < -0.39 is 0 Å². The molecular formula is C23H24N6O4. The summed E-state index contributed by atoms with van der Waals surface area (Å²) >= 11 is 0. The molecule has 0 aliphatic carbocycles. The minimum absolute atomic E-state index is 0.0127. The predicted octanol–water partition coefficient (Wildman–Crippen LogP) is 2.47. The van der Waals surface area contributed by atoms with Crippen LogP contribution in [0.1, 0.15) is 15.9 Å². The van der Waals surface area contributed by atoms with Crippen LogP contribution < -0.4 is 14.9 Å². The molecule has 1 fully saturated rings. The molecule has 0 unspecified atom stereocenters. The number of hydrogen-bond donors (Lipinski definition) is 1. The van der Waals surface area contributed by atoms with Crippen molar-refractivity contribution in [2.24, 2.45) is 5.10 Å². The van der Waals surface area contributed by atoms with Crippen molar-refractivity contribution in [3.05, 3.63) is 59.9 Å². The zero-order chi connectivity index (χ0) is 23.0. The summed E-state index contributed by atoms with van der Waals surface area (Å²) in [7, 11) is 2.99. The van der Waals surface area contributed by atoms with Gasteiger partial charge < -0.3 is 19.1 Å². The van der Waals surface area contributed by atoms with Crippen molar-refractivity contribution >= 4 is 17.9 Å². The van der Waals surface area contributed by atoms with Gasteiger partial charge in [0.05, 0.1) is 39.2 Å². The Labute approximate surface area is 191 Å². The molecule has 10 heteroatoms. The van der Waals surface area contributed by atoms with Crippen LogP contribution in [0.15, 0.2) is 53.9 Å². The van der Waals surface area contributed by atoms with E-state index in [0.717, 1.165) is 11.1 Å². The minimum atomic E-state index is 0.0127. The molecular weight excluding hydrogens is 424 g/mol. The number of hydrogen-bond acceptors (Lipinski definition) is 9. The third kappa shape index (κ3) is 5.42. The van der Waals surface area contributed by atoms with Gasteiger partial charge in [0.2, 0.25) is 5.88 Å². The van der Waals surface area contributed by atoms with Gasteiger partial charge in [-0.3, -0.25) is 10.2 Å². The third-order valence-corrected chi connectivity index (χ3v) is 5.02. The van der Waals surface area contributed by atoms with E-state index in [1.54, 1.807) is 12.4 Å². The monoisotopic (exact) mass is 448 g/mol. The first-order valence-electron chi connectivity index (χ1n) is 10.4. The Balaban J connectivity index is 1.42. The summed E-state index contributed by atoms with van der Waals surface area (Å²) in [5, 5.41) is 4.17. The third-order valence-electron chi connectivity index (χ3n) is 5.02. The number of hydrazone groups is 1. The second-order valence-corrected chi connectivity index (χ2v) is 7.11. The average Bonchev–Trinajstić information content (AvgIpc) is 2.89. The van der Waals surface area contributed by atoms with Gasteiger partial charge in [0, 0.05) is 36.6 Å². The average molecular weight is 448 g/mol. The number of methoxy groups -OCH3 is 2. The van der Waals surface area contributed by atoms with Crippen molar-refractivity contribution in [3.63, 3.8) is 0 Å². The zero-order valence-electron chi connectivity index (χ0n) is 18.4. The van der Waals surface area contributed by atoms with E-state index in [4.69, 9.17) is 14.2 Å². The van der Waals surface area contributed by atoms with Crippen LogP contribution in [0.4, 0.5) is 5.82 Å². The van der Waals surface area contributed by atoms with Crippen LogP contribution in [-0.4, -0.2) is 72.5 Å². The molecule has 1 aliphatic rings. The molecule has 0 atom stereocenters. The Kier molecular flexibility index (Phi) is 7.06. The molecule has 10 nitrogen and oxygen atoms in total. The maximum absolute atomic E-state index is 12.8. The first-order valence-corrected chi connectivity index (χ1v) is 10.4. The van der Waals surface area contributed by atoms with Gasteiger partial charge in [-0.2, -0.15) is 10.1 Å². The van der Waals surface area contributed by atoms with Crippen LogP contribution in [0.3, 0.4) is 0 Å². The number of nitrogens with zero attached hydrogens (tertiary/aromatic N) is 5. The number of anilines is 1. The van der Waals surface area contributed by atoms with E-state index in [0.29, 0.717) is 49.1 Å². The van der Waals surface area contributed by atoms with Crippen molar-refractivity contribution in [1.29, 1.82) is 0 Å². The lowest BCUT2D eigenvalue weighted by molar-refractivity contribution is 0.0303. The number of aromatic nitrogens is 3. The molecule has 1 N–H and O–H groups in total. The normalized spacial score (nSPS) is 13.7. The first-order chi connectivity index (χ1) is 16.2. The van der Waals surface area contributed by atoms with E-state index in [1.807, 2.05) is 41.3 Å². The van der Waals surface area contributed by atoms with Crippen molar-refractivity contribution in [1.82, 2.24) is 19.9 Å². The number of amides is 1. The summed E-state index contributed by atoms with van der Waals surface area (Å²) < 4.78 is 15.5. The molecule has 33 heavy (non-hydrogen) atoms. The Morgan fingerprint density at radius 1 is 1.09 bits per heavy atom. The number of carbonyl (C=O) groups is 1. The zero-order valence-corrected chi connectivity index (χ0v) is 18.4. The van der Waals surface area contributed by atoms with Crippen molar-refractivity contribution in [3.8, 4) is 23.0 Å². The summed E-state index contributed by atoms with van der Waals surface area (Å²) in [4.78, 5) is 27.1. The molecule has 1 aliphatic heterocycles. The van der Waals surface area contributed by atoms with Crippen LogP contribution in [0.25, 0.3) is 11.1 Å². The van der Waals surface area contributed by atoms with Crippen LogP contribution in [0.2, 0.25) is 0 Å². The van der Waals surface area contributed by atoms with Gasteiger partial charge in [-0.1, -0.05) is 12.1 Å². The molecule has 0 radical (unpaired) electrons. The number of pyridine rings is 1. The topological polar surface area (TPSA) is 111 Å². The minimum Gasteiger partial charge on any atom is -0.480 e. The molecule has 1 amide bonds.